The number of hydrogen-bond acceptors (Lipinski definition) is 4. The summed E-state index contributed by atoms with van der Waals surface area (Å²) >= 11 is 0. The number of nitrogens with one attached hydrogen (secondary N) is 1. The number of likely N-dealkylation sites (tertiary alicyclic amines) is 1. The predicted octanol–water partition coefficient (Wildman–Crippen LogP) is 1.69. The number of amides is 2. The summed E-state index contributed by atoms with van der Waals surface area (Å²) in [5.41, 5.74) is -0.393. The number of halogens is 2. The van der Waals surface area contributed by atoms with E-state index >= 15 is 0 Å². The van der Waals surface area contributed by atoms with E-state index in [1.165, 1.54) is 17.2 Å². The van der Waals surface area contributed by atoms with Gasteiger partial charge in [0.05, 0.1) is 5.41 Å². The number of rotatable bonds is 5. The number of carbonyl (C=O) groups excluding carboxylic acids is 1. The second-order valence-corrected chi connectivity index (χ2v) is 5.58. The maximum atomic E-state index is 12.1. The average Bonchev–Trinajstić information content (AvgIpc) is 2.89. The van der Waals surface area contributed by atoms with Gasteiger partial charge in [-0.3, -0.25) is 4.79 Å². The number of hydrogen-bond donors (Lipinski definition) is 2. The first kappa shape index (κ1) is 16.9. The lowest BCUT2D eigenvalue weighted by Crippen LogP contribution is -2.40. The average molecular weight is 329 g/mol. The Kier molecular flexibility index (Phi) is 4.97. The Labute approximate surface area is 131 Å². The van der Waals surface area contributed by atoms with Crippen molar-refractivity contribution in [1.82, 2.24) is 15.2 Å². The Morgan fingerprint density at radius 1 is 1.57 bits per heavy atom. The summed E-state index contributed by atoms with van der Waals surface area (Å²) in [7, 11) is 0. The molecule has 1 atom stereocenters. The van der Waals surface area contributed by atoms with Crippen molar-refractivity contribution in [3.8, 4) is 5.88 Å². The zero-order valence-corrected chi connectivity index (χ0v) is 12.5. The molecule has 1 unspecified atom stereocenters. The van der Waals surface area contributed by atoms with E-state index in [2.05, 4.69) is 15.0 Å². The molecule has 0 saturated carbocycles. The van der Waals surface area contributed by atoms with Gasteiger partial charge >= 0.3 is 18.6 Å². The van der Waals surface area contributed by atoms with Gasteiger partial charge in [0.15, 0.2) is 0 Å². The van der Waals surface area contributed by atoms with Crippen molar-refractivity contribution in [2.75, 3.05) is 13.1 Å². The third kappa shape index (κ3) is 4.27. The first-order valence-corrected chi connectivity index (χ1v) is 6.96. The number of ether oxygens (including phenoxy) is 1. The van der Waals surface area contributed by atoms with Crippen LogP contribution in [-0.4, -0.2) is 46.7 Å². The summed E-state index contributed by atoms with van der Waals surface area (Å²) < 4.78 is 28.4. The van der Waals surface area contributed by atoms with Crippen LogP contribution in [-0.2, 0) is 11.3 Å². The topological polar surface area (TPSA) is 91.8 Å². The maximum absolute atomic E-state index is 12.1. The van der Waals surface area contributed by atoms with E-state index in [1.54, 1.807) is 13.0 Å². The summed E-state index contributed by atoms with van der Waals surface area (Å²) in [6, 6.07) is 2.46. The van der Waals surface area contributed by atoms with Gasteiger partial charge in [-0.25, -0.2) is 9.78 Å². The molecule has 2 amide bonds. The van der Waals surface area contributed by atoms with Crippen LogP contribution in [0.1, 0.15) is 18.9 Å². The number of aliphatic carboxylic acids is 1. The van der Waals surface area contributed by atoms with E-state index in [1.807, 2.05) is 0 Å². The number of urea groups is 1. The van der Waals surface area contributed by atoms with Crippen molar-refractivity contribution in [2.24, 2.45) is 5.41 Å². The van der Waals surface area contributed by atoms with Crippen molar-refractivity contribution in [3.05, 3.63) is 23.9 Å². The Morgan fingerprint density at radius 2 is 2.30 bits per heavy atom. The lowest BCUT2D eigenvalue weighted by atomic mass is 9.90. The van der Waals surface area contributed by atoms with Crippen LogP contribution in [0.5, 0.6) is 5.88 Å². The van der Waals surface area contributed by atoms with E-state index in [0.717, 1.165) is 0 Å². The van der Waals surface area contributed by atoms with Gasteiger partial charge in [-0.05, 0) is 25.0 Å². The molecule has 126 valence electrons. The van der Waals surface area contributed by atoms with Crippen LogP contribution in [0, 0.1) is 5.41 Å². The third-order valence-corrected chi connectivity index (χ3v) is 3.73. The van der Waals surface area contributed by atoms with Crippen LogP contribution in [0.4, 0.5) is 13.6 Å². The van der Waals surface area contributed by atoms with Gasteiger partial charge in [0.25, 0.3) is 0 Å². The maximum Gasteiger partial charge on any atom is 0.388 e. The van der Waals surface area contributed by atoms with E-state index in [0.29, 0.717) is 18.5 Å². The van der Waals surface area contributed by atoms with Crippen molar-refractivity contribution >= 4 is 12.0 Å². The fourth-order valence-electron chi connectivity index (χ4n) is 2.31. The fourth-order valence-corrected chi connectivity index (χ4v) is 2.31. The largest absolute Gasteiger partial charge is 0.481 e. The molecule has 2 rings (SSSR count). The van der Waals surface area contributed by atoms with Crippen LogP contribution in [0.2, 0.25) is 0 Å². The molecule has 1 aliphatic rings. The first-order chi connectivity index (χ1) is 10.8. The molecular weight excluding hydrogens is 312 g/mol. The number of carbonyl (C=O) groups is 2. The number of nitrogens with zero attached hydrogens (tertiary/aromatic N) is 2. The van der Waals surface area contributed by atoms with Crippen LogP contribution >= 0.6 is 0 Å². The summed E-state index contributed by atoms with van der Waals surface area (Å²) in [5, 5.41) is 11.8. The molecule has 9 heteroatoms. The Bertz CT molecular complexity index is 599. The third-order valence-electron chi connectivity index (χ3n) is 3.73. The van der Waals surface area contributed by atoms with Gasteiger partial charge in [-0.2, -0.15) is 8.78 Å². The van der Waals surface area contributed by atoms with Crippen LogP contribution in [0.15, 0.2) is 18.3 Å². The highest BCUT2D eigenvalue weighted by Crippen LogP contribution is 2.30. The smallest absolute Gasteiger partial charge is 0.388 e. The number of alkyl halides is 2. The van der Waals surface area contributed by atoms with Crippen molar-refractivity contribution in [1.29, 1.82) is 0 Å². The molecule has 1 saturated heterocycles. The molecule has 2 heterocycles. The number of aromatic nitrogens is 1. The van der Waals surface area contributed by atoms with Gasteiger partial charge in [0.2, 0.25) is 5.88 Å². The summed E-state index contributed by atoms with van der Waals surface area (Å²) in [4.78, 5) is 28.3. The monoisotopic (exact) mass is 329 g/mol. The Hall–Kier alpha value is -2.45. The zero-order chi connectivity index (χ0) is 17.0. The molecule has 1 aliphatic heterocycles. The molecule has 1 aromatic rings. The second-order valence-electron chi connectivity index (χ2n) is 5.58. The number of pyridine rings is 1. The van der Waals surface area contributed by atoms with Gasteiger partial charge in [-0.1, -0.05) is 0 Å². The zero-order valence-electron chi connectivity index (χ0n) is 12.5. The lowest BCUT2D eigenvalue weighted by Gasteiger charge is -2.20. The lowest BCUT2D eigenvalue weighted by molar-refractivity contribution is -0.147. The van der Waals surface area contributed by atoms with Gasteiger partial charge in [0, 0.05) is 31.9 Å². The molecular formula is C14H17F2N3O4. The van der Waals surface area contributed by atoms with E-state index in [4.69, 9.17) is 5.11 Å². The molecule has 0 radical (unpaired) electrons. The molecule has 2 N–H and O–H groups in total. The molecule has 1 aromatic heterocycles. The molecule has 7 nitrogen and oxygen atoms in total. The number of carboxylic acid groups (broad SMARTS) is 1. The van der Waals surface area contributed by atoms with Gasteiger partial charge in [-0.15, -0.1) is 0 Å². The SMILES string of the molecule is CC1(C(=O)O)CCN(C(=O)NCc2ccnc(OC(F)F)c2)C1. The minimum Gasteiger partial charge on any atom is -0.481 e. The molecule has 0 aromatic carbocycles. The highest BCUT2D eigenvalue weighted by molar-refractivity contribution is 5.79. The highest BCUT2D eigenvalue weighted by atomic mass is 19.3. The van der Waals surface area contributed by atoms with Crippen LogP contribution < -0.4 is 10.1 Å². The molecule has 0 aliphatic carbocycles. The summed E-state index contributed by atoms with van der Waals surface area (Å²) in [6.45, 7) is -0.791. The standard InChI is InChI=1S/C14H17F2N3O4/c1-14(11(20)21)3-5-19(8-14)13(22)18-7-9-2-4-17-10(6-9)23-12(15)16/h2,4,6,12H,3,5,7-8H2,1H3,(H,18,22)(H,20,21). The Balaban J connectivity index is 1.89. The minimum atomic E-state index is -2.97. The van der Waals surface area contributed by atoms with Crippen molar-refractivity contribution in [2.45, 2.75) is 26.5 Å². The normalized spacial score (nSPS) is 20.6. The first-order valence-electron chi connectivity index (χ1n) is 6.96. The van der Waals surface area contributed by atoms with Gasteiger partial charge < -0.3 is 20.1 Å². The van der Waals surface area contributed by atoms with Gasteiger partial charge in [0.1, 0.15) is 0 Å². The van der Waals surface area contributed by atoms with E-state index in [-0.39, 0.29) is 19.0 Å². The predicted molar refractivity (Wildman–Crippen MR) is 75.0 cm³/mol. The number of carboxylic acids is 1. The van der Waals surface area contributed by atoms with Crippen molar-refractivity contribution in [3.63, 3.8) is 0 Å². The van der Waals surface area contributed by atoms with Crippen molar-refractivity contribution < 1.29 is 28.2 Å². The Morgan fingerprint density at radius 3 is 2.91 bits per heavy atom. The minimum absolute atomic E-state index is 0.0984. The second kappa shape index (κ2) is 6.76. The molecule has 1 fully saturated rings. The quantitative estimate of drug-likeness (QED) is 0.858. The molecule has 0 bridgehead atoms. The van der Waals surface area contributed by atoms with Crippen LogP contribution in [0.3, 0.4) is 0 Å². The van der Waals surface area contributed by atoms with Crippen LogP contribution in [0.25, 0.3) is 0 Å². The fraction of sp³-hybridized carbons (Fsp3) is 0.500. The summed E-state index contributed by atoms with van der Waals surface area (Å²) in [6.07, 6.45) is 1.69. The van der Waals surface area contributed by atoms with E-state index in [9.17, 15) is 18.4 Å². The highest BCUT2D eigenvalue weighted by Gasteiger charge is 2.42. The summed E-state index contributed by atoms with van der Waals surface area (Å²) in [5.74, 6) is -1.16. The molecule has 0 spiro atoms. The molecule has 23 heavy (non-hydrogen) atoms. The van der Waals surface area contributed by atoms with E-state index < -0.39 is 24.0 Å².